The molecule has 1 heterocycles. The van der Waals surface area contributed by atoms with E-state index in [2.05, 4.69) is 67.7 Å². The molecule has 1 atom stereocenters. The van der Waals surface area contributed by atoms with Gasteiger partial charge in [-0.15, -0.1) is 0 Å². The number of ether oxygens (including phenoxy) is 1. The summed E-state index contributed by atoms with van der Waals surface area (Å²) in [5, 5.41) is 10.2. The zero-order chi connectivity index (χ0) is 22.3. The van der Waals surface area contributed by atoms with Gasteiger partial charge < -0.3 is 15.4 Å². The van der Waals surface area contributed by atoms with Crippen molar-refractivity contribution in [3.63, 3.8) is 0 Å². The maximum atomic E-state index is 12.6. The number of aromatic nitrogens is 2. The number of carbonyl (C=O) groups is 2. The normalized spacial score (nSPS) is 12.3. The van der Waals surface area contributed by atoms with Crippen molar-refractivity contribution in [2.45, 2.75) is 47.1 Å². The fourth-order valence-electron chi connectivity index (χ4n) is 3.39. The molecule has 7 nitrogen and oxygen atoms in total. The van der Waals surface area contributed by atoms with Crippen LogP contribution >= 0.6 is 0 Å². The summed E-state index contributed by atoms with van der Waals surface area (Å²) >= 11 is 0. The van der Waals surface area contributed by atoms with E-state index < -0.39 is 5.97 Å². The zero-order valence-electron chi connectivity index (χ0n) is 18.9. The maximum absolute atomic E-state index is 12.6. The minimum Gasteiger partial charge on any atom is -0.462 e. The number of hydrogen-bond acceptors (Lipinski definition) is 5. The standard InChI is InChI=1S/C23H34N4O3/c1-7-30-23(29)19-13-25-27(6)22(19)26-20(28)14-24-21(16(4)5)18-10-8-17(9-11-18)12-15(2)3/h8-11,13,15-16,21,24H,7,12,14H2,1-6H3,(H,26,28). The summed E-state index contributed by atoms with van der Waals surface area (Å²) in [5.74, 6) is 0.506. The third-order valence-corrected chi connectivity index (χ3v) is 4.82. The first-order valence-electron chi connectivity index (χ1n) is 10.5. The number of benzene rings is 1. The molecule has 0 saturated heterocycles. The van der Waals surface area contributed by atoms with Crippen LogP contribution in [0.25, 0.3) is 0 Å². The Balaban J connectivity index is 2.03. The quantitative estimate of drug-likeness (QED) is 0.579. The topological polar surface area (TPSA) is 85.2 Å². The molecule has 1 aromatic heterocycles. The molecule has 2 aromatic rings. The number of rotatable bonds is 10. The molecule has 30 heavy (non-hydrogen) atoms. The molecule has 0 fully saturated rings. The van der Waals surface area contributed by atoms with Gasteiger partial charge in [-0.05, 0) is 36.3 Å². The van der Waals surface area contributed by atoms with Crippen molar-refractivity contribution in [2.24, 2.45) is 18.9 Å². The average Bonchev–Trinajstić information content (AvgIpc) is 3.03. The first kappa shape index (κ1) is 23.6. The number of nitrogens with zero attached hydrogens (tertiary/aromatic N) is 2. The molecule has 2 rings (SSSR count). The molecule has 0 saturated carbocycles. The average molecular weight is 415 g/mol. The molecular formula is C23H34N4O3. The number of amides is 1. The van der Waals surface area contributed by atoms with E-state index in [-0.39, 0.29) is 30.7 Å². The zero-order valence-corrected chi connectivity index (χ0v) is 18.9. The summed E-state index contributed by atoms with van der Waals surface area (Å²) in [5.41, 5.74) is 2.71. The lowest BCUT2D eigenvalue weighted by atomic mass is 9.94. The van der Waals surface area contributed by atoms with Gasteiger partial charge in [0.1, 0.15) is 11.4 Å². The monoisotopic (exact) mass is 414 g/mol. The molecule has 164 valence electrons. The smallest absolute Gasteiger partial charge is 0.343 e. The second kappa shape index (κ2) is 10.9. The second-order valence-corrected chi connectivity index (χ2v) is 8.24. The largest absolute Gasteiger partial charge is 0.462 e. The molecule has 7 heteroatoms. The SMILES string of the molecule is CCOC(=O)c1cnn(C)c1NC(=O)CNC(c1ccc(CC(C)C)cc1)C(C)C. The number of esters is 1. The number of nitrogens with one attached hydrogen (secondary N) is 2. The first-order valence-corrected chi connectivity index (χ1v) is 10.5. The van der Waals surface area contributed by atoms with E-state index in [0.29, 0.717) is 17.7 Å². The van der Waals surface area contributed by atoms with Gasteiger partial charge >= 0.3 is 5.97 Å². The highest BCUT2D eigenvalue weighted by molar-refractivity contribution is 6.00. The van der Waals surface area contributed by atoms with E-state index in [0.717, 1.165) is 12.0 Å². The van der Waals surface area contributed by atoms with Crippen LogP contribution in [-0.4, -0.2) is 34.8 Å². The van der Waals surface area contributed by atoms with E-state index in [9.17, 15) is 9.59 Å². The van der Waals surface area contributed by atoms with Crippen molar-refractivity contribution in [3.05, 3.63) is 47.2 Å². The number of aryl methyl sites for hydroxylation is 1. The van der Waals surface area contributed by atoms with Crippen molar-refractivity contribution < 1.29 is 14.3 Å². The Bertz CT molecular complexity index is 841. The molecule has 0 bridgehead atoms. The van der Waals surface area contributed by atoms with Gasteiger partial charge in [-0.3, -0.25) is 9.48 Å². The molecule has 0 aliphatic carbocycles. The third kappa shape index (κ3) is 6.42. The van der Waals surface area contributed by atoms with Crippen LogP contribution in [0.5, 0.6) is 0 Å². The van der Waals surface area contributed by atoms with Crippen LogP contribution in [0.2, 0.25) is 0 Å². The van der Waals surface area contributed by atoms with Crippen LogP contribution in [0, 0.1) is 11.8 Å². The molecular weight excluding hydrogens is 380 g/mol. The van der Waals surface area contributed by atoms with Gasteiger partial charge in [-0.2, -0.15) is 5.10 Å². The Hall–Kier alpha value is -2.67. The number of anilines is 1. The molecule has 2 N–H and O–H groups in total. The Kier molecular flexibility index (Phi) is 8.59. The summed E-state index contributed by atoms with van der Waals surface area (Å²) in [6, 6.07) is 8.63. The minimum atomic E-state index is -0.504. The minimum absolute atomic E-state index is 0.0416. The predicted molar refractivity (Wildman–Crippen MR) is 118 cm³/mol. The number of carbonyl (C=O) groups excluding carboxylic acids is 2. The summed E-state index contributed by atoms with van der Waals surface area (Å²) in [6.45, 7) is 10.8. The van der Waals surface area contributed by atoms with E-state index in [1.165, 1.54) is 16.4 Å². The van der Waals surface area contributed by atoms with Crippen molar-refractivity contribution in [2.75, 3.05) is 18.5 Å². The Morgan fingerprint density at radius 2 is 1.80 bits per heavy atom. The van der Waals surface area contributed by atoms with Crippen molar-refractivity contribution in [3.8, 4) is 0 Å². The van der Waals surface area contributed by atoms with Gasteiger partial charge in [0.15, 0.2) is 0 Å². The molecule has 0 spiro atoms. The highest BCUT2D eigenvalue weighted by Crippen LogP contribution is 2.23. The fraction of sp³-hybridized carbons (Fsp3) is 0.522. The Labute approximate surface area is 179 Å². The molecule has 0 aliphatic rings. The van der Waals surface area contributed by atoms with Gasteiger partial charge in [0.2, 0.25) is 5.91 Å². The highest BCUT2D eigenvalue weighted by Gasteiger charge is 2.21. The molecule has 1 aromatic carbocycles. The second-order valence-electron chi connectivity index (χ2n) is 8.24. The number of hydrogen-bond donors (Lipinski definition) is 2. The van der Waals surface area contributed by atoms with E-state index >= 15 is 0 Å². The van der Waals surface area contributed by atoms with Crippen LogP contribution in [0.4, 0.5) is 5.82 Å². The lowest BCUT2D eigenvalue weighted by molar-refractivity contribution is -0.115. The van der Waals surface area contributed by atoms with Crippen LogP contribution < -0.4 is 10.6 Å². The van der Waals surface area contributed by atoms with Crippen LogP contribution in [0.3, 0.4) is 0 Å². The molecule has 0 radical (unpaired) electrons. The van der Waals surface area contributed by atoms with Crippen LogP contribution in [0.15, 0.2) is 30.5 Å². The third-order valence-electron chi connectivity index (χ3n) is 4.82. The molecule has 1 unspecified atom stereocenters. The van der Waals surface area contributed by atoms with E-state index in [1.54, 1.807) is 14.0 Å². The van der Waals surface area contributed by atoms with Crippen LogP contribution in [-0.2, 0) is 23.0 Å². The fourth-order valence-corrected chi connectivity index (χ4v) is 3.39. The van der Waals surface area contributed by atoms with Crippen LogP contribution in [0.1, 0.15) is 62.1 Å². The summed E-state index contributed by atoms with van der Waals surface area (Å²) < 4.78 is 6.48. The Morgan fingerprint density at radius 3 is 2.37 bits per heavy atom. The van der Waals surface area contributed by atoms with Gasteiger partial charge in [-0.1, -0.05) is 52.0 Å². The first-order chi connectivity index (χ1) is 14.2. The summed E-state index contributed by atoms with van der Waals surface area (Å²) in [6.07, 6.45) is 2.45. The molecule has 1 amide bonds. The highest BCUT2D eigenvalue weighted by atomic mass is 16.5. The van der Waals surface area contributed by atoms with Crippen molar-refractivity contribution in [1.29, 1.82) is 0 Å². The summed E-state index contributed by atoms with van der Waals surface area (Å²) in [4.78, 5) is 24.6. The molecule has 0 aliphatic heterocycles. The van der Waals surface area contributed by atoms with Gasteiger partial charge in [0, 0.05) is 13.1 Å². The lowest BCUT2D eigenvalue weighted by Gasteiger charge is -2.23. The van der Waals surface area contributed by atoms with Crippen molar-refractivity contribution in [1.82, 2.24) is 15.1 Å². The van der Waals surface area contributed by atoms with E-state index in [4.69, 9.17) is 4.74 Å². The van der Waals surface area contributed by atoms with Gasteiger partial charge in [0.25, 0.3) is 0 Å². The van der Waals surface area contributed by atoms with E-state index in [1.807, 2.05) is 0 Å². The van der Waals surface area contributed by atoms with Gasteiger partial charge in [0.05, 0.1) is 19.3 Å². The lowest BCUT2D eigenvalue weighted by Crippen LogP contribution is -2.34. The Morgan fingerprint density at radius 1 is 1.13 bits per heavy atom. The summed E-state index contributed by atoms with van der Waals surface area (Å²) in [7, 11) is 1.67. The van der Waals surface area contributed by atoms with Crippen molar-refractivity contribution >= 4 is 17.7 Å². The van der Waals surface area contributed by atoms with Gasteiger partial charge in [-0.25, -0.2) is 4.79 Å². The maximum Gasteiger partial charge on any atom is 0.343 e. The predicted octanol–water partition coefficient (Wildman–Crippen LogP) is 3.72.